The lowest BCUT2D eigenvalue weighted by Gasteiger charge is -2.15. The van der Waals surface area contributed by atoms with E-state index in [1.165, 1.54) is 5.56 Å². The van der Waals surface area contributed by atoms with Gasteiger partial charge in [-0.25, -0.2) is 0 Å². The molecular formula is C21H28ClN3O3. The van der Waals surface area contributed by atoms with Crippen LogP contribution in [0.3, 0.4) is 0 Å². The molecule has 1 unspecified atom stereocenters. The van der Waals surface area contributed by atoms with Crippen molar-refractivity contribution in [1.29, 1.82) is 0 Å². The van der Waals surface area contributed by atoms with E-state index in [-0.39, 0.29) is 37.4 Å². The molecule has 0 spiro atoms. The summed E-state index contributed by atoms with van der Waals surface area (Å²) in [7, 11) is 0. The Morgan fingerprint density at radius 2 is 1.57 bits per heavy atom. The number of amides is 2. The van der Waals surface area contributed by atoms with E-state index >= 15 is 0 Å². The quantitative estimate of drug-likeness (QED) is 0.596. The number of rotatable bonds is 9. The number of halogens is 1. The van der Waals surface area contributed by atoms with Crippen LogP contribution >= 0.6 is 12.4 Å². The molecule has 2 amide bonds. The van der Waals surface area contributed by atoms with Gasteiger partial charge >= 0.3 is 0 Å². The van der Waals surface area contributed by atoms with E-state index in [0.717, 1.165) is 5.56 Å². The SMILES string of the molecule is CC(C)c1ccc(C(N)CNC(=O)CCOc2ccc(C(N)=O)cc2)cc1.Cl. The third-order valence-electron chi connectivity index (χ3n) is 4.29. The van der Waals surface area contributed by atoms with Crippen LogP contribution in [0.15, 0.2) is 48.5 Å². The highest BCUT2D eigenvalue weighted by Gasteiger charge is 2.09. The summed E-state index contributed by atoms with van der Waals surface area (Å²) in [6.45, 7) is 4.89. The smallest absolute Gasteiger partial charge is 0.248 e. The summed E-state index contributed by atoms with van der Waals surface area (Å²) in [5.41, 5.74) is 14.0. The Labute approximate surface area is 172 Å². The van der Waals surface area contributed by atoms with E-state index in [1.54, 1.807) is 24.3 Å². The molecule has 2 rings (SSSR count). The summed E-state index contributed by atoms with van der Waals surface area (Å²) in [6, 6.07) is 14.4. The van der Waals surface area contributed by atoms with E-state index in [2.05, 4.69) is 31.3 Å². The Bertz CT molecular complexity index is 761. The van der Waals surface area contributed by atoms with Gasteiger partial charge in [-0.15, -0.1) is 12.4 Å². The van der Waals surface area contributed by atoms with E-state index < -0.39 is 5.91 Å². The van der Waals surface area contributed by atoms with Crippen LogP contribution in [0, 0.1) is 0 Å². The highest BCUT2D eigenvalue weighted by molar-refractivity contribution is 5.92. The highest BCUT2D eigenvalue weighted by atomic mass is 35.5. The zero-order chi connectivity index (χ0) is 19.8. The van der Waals surface area contributed by atoms with Crippen LogP contribution in [-0.2, 0) is 4.79 Å². The molecule has 2 aromatic rings. The van der Waals surface area contributed by atoms with Gasteiger partial charge in [-0.2, -0.15) is 0 Å². The summed E-state index contributed by atoms with van der Waals surface area (Å²) in [4.78, 5) is 23.0. The maximum Gasteiger partial charge on any atom is 0.248 e. The third-order valence-corrected chi connectivity index (χ3v) is 4.29. The van der Waals surface area contributed by atoms with E-state index in [1.807, 2.05) is 12.1 Å². The Kier molecular flexibility index (Phi) is 9.48. The topological polar surface area (TPSA) is 107 Å². The van der Waals surface area contributed by atoms with Crippen molar-refractivity contribution in [2.75, 3.05) is 13.2 Å². The van der Waals surface area contributed by atoms with Gasteiger partial charge in [0, 0.05) is 18.2 Å². The minimum atomic E-state index is -0.490. The number of nitrogens with two attached hydrogens (primary N) is 2. The van der Waals surface area contributed by atoms with Crippen LogP contribution in [0.1, 0.15) is 53.7 Å². The Morgan fingerprint density at radius 3 is 2.11 bits per heavy atom. The van der Waals surface area contributed by atoms with Gasteiger partial charge in [-0.3, -0.25) is 9.59 Å². The molecule has 0 aliphatic carbocycles. The average Bonchev–Trinajstić information content (AvgIpc) is 2.66. The molecule has 0 aliphatic heterocycles. The van der Waals surface area contributed by atoms with E-state index in [0.29, 0.717) is 23.8 Å². The van der Waals surface area contributed by atoms with Gasteiger partial charge in [0.2, 0.25) is 11.8 Å². The molecule has 6 nitrogen and oxygen atoms in total. The van der Waals surface area contributed by atoms with Gasteiger partial charge in [0.1, 0.15) is 5.75 Å². The first kappa shape index (κ1) is 23.5. The van der Waals surface area contributed by atoms with Crippen LogP contribution in [-0.4, -0.2) is 25.0 Å². The van der Waals surface area contributed by atoms with Gasteiger partial charge in [-0.1, -0.05) is 38.1 Å². The molecule has 0 saturated carbocycles. The molecule has 152 valence electrons. The maximum absolute atomic E-state index is 11.9. The first-order valence-electron chi connectivity index (χ1n) is 9.01. The van der Waals surface area contributed by atoms with Crippen molar-refractivity contribution in [2.45, 2.75) is 32.2 Å². The molecule has 0 fully saturated rings. The van der Waals surface area contributed by atoms with Crippen molar-refractivity contribution in [3.05, 3.63) is 65.2 Å². The predicted molar refractivity (Wildman–Crippen MR) is 113 cm³/mol. The molecule has 0 aliphatic rings. The molecule has 28 heavy (non-hydrogen) atoms. The minimum absolute atomic E-state index is 0. The van der Waals surface area contributed by atoms with Gasteiger partial charge in [0.05, 0.1) is 13.0 Å². The fourth-order valence-corrected chi connectivity index (χ4v) is 2.54. The molecule has 0 heterocycles. The molecule has 0 radical (unpaired) electrons. The first-order chi connectivity index (χ1) is 12.9. The number of hydrogen-bond donors (Lipinski definition) is 3. The maximum atomic E-state index is 11.9. The second kappa shape index (κ2) is 11.3. The lowest BCUT2D eigenvalue weighted by molar-refractivity contribution is -0.121. The average molecular weight is 406 g/mol. The molecule has 0 aromatic heterocycles. The van der Waals surface area contributed by atoms with Crippen molar-refractivity contribution in [1.82, 2.24) is 5.32 Å². The van der Waals surface area contributed by atoms with Crippen LogP contribution in [0.25, 0.3) is 0 Å². The second-order valence-corrected chi connectivity index (χ2v) is 6.72. The number of carbonyl (C=O) groups excluding carboxylic acids is 2. The van der Waals surface area contributed by atoms with Crippen molar-refractivity contribution in [3.63, 3.8) is 0 Å². The third kappa shape index (κ3) is 7.21. The van der Waals surface area contributed by atoms with E-state index in [4.69, 9.17) is 16.2 Å². The number of hydrogen-bond acceptors (Lipinski definition) is 4. The van der Waals surface area contributed by atoms with Gasteiger partial charge in [0.25, 0.3) is 0 Å². The molecular weight excluding hydrogens is 378 g/mol. The van der Waals surface area contributed by atoms with Gasteiger partial charge in [0.15, 0.2) is 0 Å². The van der Waals surface area contributed by atoms with Crippen molar-refractivity contribution in [2.24, 2.45) is 11.5 Å². The monoisotopic (exact) mass is 405 g/mol. The second-order valence-electron chi connectivity index (χ2n) is 6.72. The van der Waals surface area contributed by atoms with Gasteiger partial charge in [-0.05, 0) is 41.3 Å². The number of carbonyl (C=O) groups is 2. The lowest BCUT2D eigenvalue weighted by Crippen LogP contribution is -2.32. The van der Waals surface area contributed by atoms with Crippen LogP contribution in [0.2, 0.25) is 0 Å². The molecule has 1 atom stereocenters. The van der Waals surface area contributed by atoms with Gasteiger partial charge < -0.3 is 21.5 Å². The summed E-state index contributed by atoms with van der Waals surface area (Å²) >= 11 is 0. The number of primary amides is 1. The molecule has 0 saturated heterocycles. The summed E-state index contributed by atoms with van der Waals surface area (Å²) in [5, 5.41) is 2.82. The fraction of sp³-hybridized carbons (Fsp3) is 0.333. The number of ether oxygens (including phenoxy) is 1. The summed E-state index contributed by atoms with van der Waals surface area (Å²) < 4.78 is 5.49. The Morgan fingerprint density at radius 1 is 1.00 bits per heavy atom. The van der Waals surface area contributed by atoms with Crippen LogP contribution in [0.4, 0.5) is 0 Å². The Hall–Kier alpha value is -2.57. The zero-order valence-corrected chi connectivity index (χ0v) is 17.0. The standard InChI is InChI=1S/C21H27N3O3.ClH/c1-14(2)15-3-5-16(6-4-15)19(22)13-24-20(25)11-12-27-18-9-7-17(8-10-18)21(23)26;/h3-10,14,19H,11-13,22H2,1-2H3,(H2,23,26)(H,24,25);1H. The molecule has 2 aromatic carbocycles. The normalized spacial score (nSPS) is 11.4. The predicted octanol–water partition coefficient (Wildman–Crippen LogP) is 2.92. The van der Waals surface area contributed by atoms with Crippen LogP contribution < -0.4 is 21.5 Å². The summed E-state index contributed by atoms with van der Waals surface area (Å²) in [6.07, 6.45) is 0.219. The summed E-state index contributed by atoms with van der Waals surface area (Å²) in [5.74, 6) is 0.436. The van der Waals surface area contributed by atoms with Crippen molar-refractivity contribution >= 4 is 24.2 Å². The lowest BCUT2D eigenvalue weighted by atomic mass is 9.99. The number of nitrogens with one attached hydrogen (secondary N) is 1. The number of benzene rings is 2. The fourth-order valence-electron chi connectivity index (χ4n) is 2.54. The highest BCUT2D eigenvalue weighted by Crippen LogP contribution is 2.17. The molecule has 7 heteroatoms. The first-order valence-corrected chi connectivity index (χ1v) is 9.01. The molecule has 5 N–H and O–H groups in total. The molecule has 0 bridgehead atoms. The Balaban J connectivity index is 0.00000392. The largest absolute Gasteiger partial charge is 0.493 e. The van der Waals surface area contributed by atoms with Crippen molar-refractivity contribution < 1.29 is 14.3 Å². The van der Waals surface area contributed by atoms with Crippen molar-refractivity contribution in [3.8, 4) is 5.75 Å². The van der Waals surface area contributed by atoms with E-state index in [9.17, 15) is 9.59 Å². The zero-order valence-electron chi connectivity index (χ0n) is 16.2. The minimum Gasteiger partial charge on any atom is -0.493 e. The van der Waals surface area contributed by atoms with Crippen LogP contribution in [0.5, 0.6) is 5.75 Å².